The van der Waals surface area contributed by atoms with Crippen LogP contribution in [0.25, 0.3) is 0 Å². The van der Waals surface area contributed by atoms with E-state index >= 15 is 0 Å². The predicted molar refractivity (Wildman–Crippen MR) is 46.8 cm³/mol. The van der Waals surface area contributed by atoms with Gasteiger partial charge in [0.05, 0.1) is 12.7 Å². The smallest absolute Gasteiger partial charge is 0.290 e. The summed E-state index contributed by atoms with van der Waals surface area (Å²) >= 11 is 0. The molecular formula is C5H12O7P2. The quantitative estimate of drug-likeness (QED) is 0.701. The Morgan fingerprint density at radius 1 is 1.43 bits per heavy atom. The molecule has 14 heavy (non-hydrogen) atoms. The van der Waals surface area contributed by atoms with Crippen molar-refractivity contribution < 1.29 is 31.5 Å². The normalized spacial score (nSPS) is 33.5. The molecule has 9 heteroatoms. The van der Waals surface area contributed by atoms with Gasteiger partial charge in [-0.15, -0.1) is 0 Å². The third-order valence-electron chi connectivity index (χ3n) is 1.42. The van der Waals surface area contributed by atoms with Gasteiger partial charge in [-0.3, -0.25) is 18.1 Å². The molecule has 0 bridgehead atoms. The molecule has 0 amide bonds. The van der Waals surface area contributed by atoms with Crippen LogP contribution in [0.4, 0.5) is 0 Å². The lowest BCUT2D eigenvalue weighted by Crippen LogP contribution is -2.00. The first-order valence-electron chi connectivity index (χ1n) is 3.79. The van der Waals surface area contributed by atoms with Crippen molar-refractivity contribution in [3.8, 4) is 0 Å². The van der Waals surface area contributed by atoms with Crippen molar-refractivity contribution in [3.05, 3.63) is 0 Å². The molecule has 1 saturated heterocycles. The minimum Gasteiger partial charge on any atom is -0.290 e. The van der Waals surface area contributed by atoms with Crippen molar-refractivity contribution in [1.82, 2.24) is 0 Å². The van der Waals surface area contributed by atoms with E-state index in [2.05, 4.69) is 13.4 Å². The van der Waals surface area contributed by atoms with E-state index in [9.17, 15) is 9.13 Å². The first kappa shape index (κ1) is 12.3. The van der Waals surface area contributed by atoms with Crippen LogP contribution in [0, 0.1) is 0 Å². The molecule has 1 rings (SSSR count). The zero-order valence-electron chi connectivity index (χ0n) is 8.04. The third kappa shape index (κ3) is 2.87. The number of phosphoric acid groups is 2. The minimum atomic E-state index is -3.84. The highest BCUT2D eigenvalue weighted by atomic mass is 31.3. The third-order valence-corrected chi connectivity index (χ3v) is 5.00. The van der Waals surface area contributed by atoms with Crippen LogP contribution in [0.15, 0.2) is 0 Å². The van der Waals surface area contributed by atoms with Gasteiger partial charge in [0, 0.05) is 14.2 Å². The molecule has 7 nitrogen and oxygen atoms in total. The summed E-state index contributed by atoms with van der Waals surface area (Å²) in [5, 5.41) is 0. The highest BCUT2D eigenvalue weighted by Crippen LogP contribution is 2.67. The van der Waals surface area contributed by atoms with E-state index in [0.717, 1.165) is 14.2 Å². The van der Waals surface area contributed by atoms with Gasteiger partial charge in [0.1, 0.15) is 0 Å². The molecule has 0 spiro atoms. The summed E-state index contributed by atoms with van der Waals surface area (Å²) in [6, 6.07) is 0. The topological polar surface area (TPSA) is 80.3 Å². The van der Waals surface area contributed by atoms with Crippen molar-refractivity contribution >= 4 is 15.6 Å². The molecule has 0 N–H and O–H groups in total. The zero-order chi connectivity index (χ0) is 10.8. The summed E-state index contributed by atoms with van der Waals surface area (Å²) in [5.74, 6) is 0. The molecular weight excluding hydrogens is 234 g/mol. The van der Waals surface area contributed by atoms with Crippen LogP contribution in [0.3, 0.4) is 0 Å². The largest absolute Gasteiger partial charge is 0.484 e. The molecule has 2 atom stereocenters. The summed E-state index contributed by atoms with van der Waals surface area (Å²) in [6.45, 7) is 1.76. The second kappa shape index (κ2) is 4.41. The molecule has 1 aliphatic heterocycles. The lowest BCUT2D eigenvalue weighted by atomic mass is 10.5. The highest BCUT2D eigenvalue weighted by Gasteiger charge is 2.44. The first-order valence-corrected chi connectivity index (χ1v) is 6.71. The number of rotatable bonds is 4. The Morgan fingerprint density at radius 3 is 2.36 bits per heavy atom. The Morgan fingerprint density at radius 2 is 2.00 bits per heavy atom. The van der Waals surface area contributed by atoms with Gasteiger partial charge in [-0.1, -0.05) is 0 Å². The van der Waals surface area contributed by atoms with E-state index in [-0.39, 0.29) is 12.7 Å². The van der Waals surface area contributed by atoms with Crippen LogP contribution < -0.4 is 0 Å². The van der Waals surface area contributed by atoms with E-state index in [1.807, 2.05) is 0 Å². The summed E-state index contributed by atoms with van der Waals surface area (Å²) in [6.07, 6.45) is -0.372. The fraction of sp³-hybridized carbons (Fsp3) is 1.00. The standard InChI is InChI=1S/C5H12O7P2/c1-5-4-10-14(7,11-5)12-13(6,8-2)9-3/h5H,4H2,1-3H3. The molecule has 1 aliphatic rings. The van der Waals surface area contributed by atoms with Crippen LogP contribution in [0.2, 0.25) is 0 Å². The van der Waals surface area contributed by atoms with Crippen molar-refractivity contribution in [1.29, 1.82) is 0 Å². The maximum atomic E-state index is 11.6. The molecule has 0 aromatic rings. The average molecular weight is 246 g/mol. The van der Waals surface area contributed by atoms with Gasteiger partial charge >= 0.3 is 15.6 Å². The maximum Gasteiger partial charge on any atom is 0.484 e. The maximum absolute atomic E-state index is 11.6. The van der Waals surface area contributed by atoms with Gasteiger partial charge < -0.3 is 0 Å². The molecule has 1 heterocycles. The lowest BCUT2D eigenvalue weighted by molar-refractivity contribution is 0.174. The Kier molecular flexibility index (Phi) is 3.88. The van der Waals surface area contributed by atoms with Gasteiger partial charge in [0.15, 0.2) is 0 Å². The fourth-order valence-electron chi connectivity index (χ4n) is 0.784. The highest BCUT2D eigenvalue weighted by molar-refractivity contribution is 7.62. The summed E-state index contributed by atoms with van der Waals surface area (Å²) < 4.78 is 46.0. The molecule has 84 valence electrons. The number of hydrogen-bond acceptors (Lipinski definition) is 7. The van der Waals surface area contributed by atoms with Gasteiger partial charge in [-0.25, -0.2) is 9.13 Å². The molecule has 0 aliphatic carbocycles. The first-order chi connectivity index (χ1) is 6.43. The molecule has 0 radical (unpaired) electrons. The van der Waals surface area contributed by atoms with Gasteiger partial charge in [-0.2, -0.15) is 4.31 Å². The molecule has 0 aromatic heterocycles. The van der Waals surface area contributed by atoms with Crippen LogP contribution in [-0.2, 0) is 31.5 Å². The van der Waals surface area contributed by atoms with Crippen molar-refractivity contribution in [2.45, 2.75) is 13.0 Å². The molecule has 1 fully saturated rings. The SMILES string of the molecule is COP(=O)(OC)OP1(=O)OCC(C)O1. The number of hydrogen-bond donors (Lipinski definition) is 0. The summed E-state index contributed by atoms with van der Waals surface area (Å²) in [4.78, 5) is 0. The molecule has 2 unspecified atom stereocenters. The van der Waals surface area contributed by atoms with E-state index in [1.165, 1.54) is 0 Å². The van der Waals surface area contributed by atoms with E-state index < -0.39 is 15.6 Å². The Balaban J connectivity index is 2.68. The van der Waals surface area contributed by atoms with Crippen LogP contribution in [-0.4, -0.2) is 26.9 Å². The summed E-state index contributed by atoms with van der Waals surface area (Å²) in [5.41, 5.74) is 0. The van der Waals surface area contributed by atoms with Crippen molar-refractivity contribution in [2.24, 2.45) is 0 Å². The van der Waals surface area contributed by atoms with Crippen LogP contribution in [0.5, 0.6) is 0 Å². The van der Waals surface area contributed by atoms with Crippen LogP contribution >= 0.6 is 15.6 Å². The van der Waals surface area contributed by atoms with Gasteiger partial charge in [-0.05, 0) is 6.92 Å². The fourth-order valence-corrected chi connectivity index (χ4v) is 3.74. The van der Waals surface area contributed by atoms with Gasteiger partial charge in [0.2, 0.25) is 0 Å². The van der Waals surface area contributed by atoms with Gasteiger partial charge in [0.25, 0.3) is 0 Å². The van der Waals surface area contributed by atoms with E-state index in [1.54, 1.807) is 6.92 Å². The zero-order valence-corrected chi connectivity index (χ0v) is 9.83. The van der Waals surface area contributed by atoms with E-state index in [4.69, 9.17) is 9.05 Å². The second-order valence-electron chi connectivity index (χ2n) is 2.55. The second-order valence-corrected chi connectivity index (χ2v) is 6.19. The summed E-state index contributed by atoms with van der Waals surface area (Å²) in [7, 11) is -5.42. The Bertz CT molecular complexity index is 282. The molecule has 0 saturated carbocycles. The van der Waals surface area contributed by atoms with E-state index in [0.29, 0.717) is 0 Å². The number of phosphoric ester groups is 2. The monoisotopic (exact) mass is 246 g/mol. The Labute approximate surface area is 81.9 Å². The Hall–Kier alpha value is 0.260. The van der Waals surface area contributed by atoms with Crippen molar-refractivity contribution in [3.63, 3.8) is 0 Å². The average Bonchev–Trinajstić information content (AvgIpc) is 2.46. The lowest BCUT2D eigenvalue weighted by Gasteiger charge is -2.15. The molecule has 0 aromatic carbocycles. The minimum absolute atomic E-state index is 0.116. The van der Waals surface area contributed by atoms with Crippen molar-refractivity contribution in [2.75, 3.05) is 20.8 Å². The van der Waals surface area contributed by atoms with Crippen LogP contribution in [0.1, 0.15) is 6.92 Å². The predicted octanol–water partition coefficient (Wildman–Crippen LogP) is 1.95.